The maximum atomic E-state index is 11.9. The van der Waals surface area contributed by atoms with E-state index in [0.717, 1.165) is 5.56 Å². The van der Waals surface area contributed by atoms with Crippen molar-refractivity contribution in [3.63, 3.8) is 0 Å². The number of carboxylic acids is 1. The number of carbonyl (C=O) groups is 2. The molecule has 0 spiro atoms. The highest BCUT2D eigenvalue weighted by atomic mass is 16.4. The van der Waals surface area contributed by atoms with Gasteiger partial charge in [0.25, 0.3) is 0 Å². The first-order valence-corrected chi connectivity index (χ1v) is 6.09. The number of benzene rings is 1. The standard InChI is InChI=1S/C14H17NO3/c1-10-2-4-11(5-3-10)6-13(16)15-8-12(9-15)7-14(17)18/h2-5,12H,6-9H2,1H3,(H,17,18). The van der Waals surface area contributed by atoms with Crippen molar-refractivity contribution in [1.82, 2.24) is 4.90 Å². The number of hydrogen-bond donors (Lipinski definition) is 1. The van der Waals surface area contributed by atoms with Gasteiger partial charge in [-0.25, -0.2) is 0 Å². The van der Waals surface area contributed by atoms with Crippen LogP contribution in [0.15, 0.2) is 24.3 Å². The third kappa shape index (κ3) is 3.09. The molecular formula is C14H17NO3. The van der Waals surface area contributed by atoms with Crippen LogP contribution < -0.4 is 0 Å². The minimum atomic E-state index is -0.786. The fourth-order valence-electron chi connectivity index (χ4n) is 2.14. The number of rotatable bonds is 4. The van der Waals surface area contributed by atoms with Crippen LogP contribution in [0, 0.1) is 12.8 Å². The van der Waals surface area contributed by atoms with Crippen molar-refractivity contribution in [2.75, 3.05) is 13.1 Å². The molecule has 1 aliphatic heterocycles. The SMILES string of the molecule is Cc1ccc(CC(=O)N2CC(CC(=O)O)C2)cc1. The van der Waals surface area contributed by atoms with Crippen LogP contribution in [0.1, 0.15) is 17.5 Å². The molecule has 1 aromatic rings. The highest BCUT2D eigenvalue weighted by Gasteiger charge is 2.31. The maximum absolute atomic E-state index is 11.9. The van der Waals surface area contributed by atoms with Crippen LogP contribution in [0.2, 0.25) is 0 Å². The molecule has 0 unspecified atom stereocenters. The minimum Gasteiger partial charge on any atom is -0.481 e. The van der Waals surface area contributed by atoms with E-state index < -0.39 is 5.97 Å². The van der Waals surface area contributed by atoms with Gasteiger partial charge in [0.2, 0.25) is 5.91 Å². The molecule has 1 N–H and O–H groups in total. The summed E-state index contributed by atoms with van der Waals surface area (Å²) in [6.07, 6.45) is 0.564. The number of likely N-dealkylation sites (tertiary alicyclic amines) is 1. The van der Waals surface area contributed by atoms with Crippen LogP contribution in [0.25, 0.3) is 0 Å². The lowest BCUT2D eigenvalue weighted by Crippen LogP contribution is -2.51. The van der Waals surface area contributed by atoms with Gasteiger partial charge >= 0.3 is 5.97 Å². The van der Waals surface area contributed by atoms with Gasteiger partial charge in [0.15, 0.2) is 0 Å². The molecule has 1 aromatic carbocycles. The second kappa shape index (κ2) is 5.21. The highest BCUT2D eigenvalue weighted by molar-refractivity contribution is 5.80. The van der Waals surface area contributed by atoms with E-state index >= 15 is 0 Å². The average Bonchev–Trinajstić information content (AvgIpc) is 2.25. The Balaban J connectivity index is 1.80. The molecule has 4 heteroatoms. The van der Waals surface area contributed by atoms with Crippen molar-refractivity contribution < 1.29 is 14.7 Å². The van der Waals surface area contributed by atoms with Gasteiger partial charge in [-0.1, -0.05) is 29.8 Å². The van der Waals surface area contributed by atoms with Crippen LogP contribution in [0.4, 0.5) is 0 Å². The largest absolute Gasteiger partial charge is 0.481 e. The van der Waals surface area contributed by atoms with Gasteiger partial charge in [-0.3, -0.25) is 9.59 Å². The molecule has 0 saturated carbocycles. The van der Waals surface area contributed by atoms with Gasteiger partial charge in [0.05, 0.1) is 12.8 Å². The molecule has 0 aliphatic carbocycles. The fourth-order valence-corrected chi connectivity index (χ4v) is 2.14. The number of amides is 1. The lowest BCUT2D eigenvalue weighted by molar-refractivity contribution is -0.144. The Morgan fingerprint density at radius 2 is 1.89 bits per heavy atom. The lowest BCUT2D eigenvalue weighted by Gasteiger charge is -2.38. The van der Waals surface area contributed by atoms with Crippen molar-refractivity contribution in [1.29, 1.82) is 0 Å². The number of aliphatic carboxylic acids is 1. The monoisotopic (exact) mass is 247 g/mol. The number of hydrogen-bond acceptors (Lipinski definition) is 2. The predicted octanol–water partition coefficient (Wildman–Crippen LogP) is 1.47. The van der Waals surface area contributed by atoms with Gasteiger partial charge in [0.1, 0.15) is 0 Å². The first kappa shape index (κ1) is 12.6. The molecule has 0 bridgehead atoms. The topological polar surface area (TPSA) is 57.6 Å². The molecule has 0 aromatic heterocycles. The smallest absolute Gasteiger partial charge is 0.303 e. The molecule has 0 atom stereocenters. The van der Waals surface area contributed by atoms with Crippen LogP contribution in [-0.2, 0) is 16.0 Å². The molecule has 1 saturated heterocycles. The van der Waals surface area contributed by atoms with E-state index in [4.69, 9.17) is 5.11 Å². The molecule has 4 nitrogen and oxygen atoms in total. The number of carboxylic acid groups (broad SMARTS) is 1. The first-order valence-electron chi connectivity index (χ1n) is 6.09. The molecule has 18 heavy (non-hydrogen) atoms. The zero-order valence-corrected chi connectivity index (χ0v) is 10.4. The van der Waals surface area contributed by atoms with Gasteiger partial charge in [-0.15, -0.1) is 0 Å². The van der Waals surface area contributed by atoms with Crippen molar-refractivity contribution in [3.8, 4) is 0 Å². The summed E-state index contributed by atoms with van der Waals surface area (Å²) in [6, 6.07) is 7.90. The molecule has 0 radical (unpaired) electrons. The Morgan fingerprint density at radius 3 is 2.44 bits per heavy atom. The van der Waals surface area contributed by atoms with E-state index in [2.05, 4.69) is 0 Å². The Labute approximate surface area is 106 Å². The van der Waals surface area contributed by atoms with Crippen LogP contribution >= 0.6 is 0 Å². The Morgan fingerprint density at radius 1 is 1.28 bits per heavy atom. The van der Waals surface area contributed by atoms with Crippen LogP contribution in [0.3, 0.4) is 0 Å². The number of aryl methyl sites for hydroxylation is 1. The van der Waals surface area contributed by atoms with E-state index in [9.17, 15) is 9.59 Å². The first-order chi connectivity index (χ1) is 8.54. The highest BCUT2D eigenvalue weighted by Crippen LogP contribution is 2.20. The summed E-state index contributed by atoms with van der Waals surface area (Å²) in [5, 5.41) is 8.63. The van der Waals surface area contributed by atoms with E-state index in [1.165, 1.54) is 5.56 Å². The Bertz CT molecular complexity index is 447. The third-order valence-corrected chi connectivity index (χ3v) is 3.25. The number of carbonyl (C=O) groups excluding carboxylic acids is 1. The molecule has 2 rings (SSSR count). The van der Waals surface area contributed by atoms with Crippen molar-refractivity contribution >= 4 is 11.9 Å². The second-order valence-corrected chi connectivity index (χ2v) is 4.92. The third-order valence-electron chi connectivity index (χ3n) is 3.25. The molecule has 96 valence electrons. The van der Waals surface area contributed by atoms with E-state index in [-0.39, 0.29) is 18.2 Å². The normalized spacial score (nSPS) is 15.3. The minimum absolute atomic E-state index is 0.0838. The summed E-state index contributed by atoms with van der Waals surface area (Å²) in [4.78, 5) is 24.1. The molecule has 1 amide bonds. The Kier molecular flexibility index (Phi) is 3.65. The summed E-state index contributed by atoms with van der Waals surface area (Å²) in [6.45, 7) is 3.17. The number of nitrogens with zero attached hydrogens (tertiary/aromatic N) is 1. The zero-order valence-electron chi connectivity index (χ0n) is 10.4. The van der Waals surface area contributed by atoms with Crippen molar-refractivity contribution in [3.05, 3.63) is 35.4 Å². The van der Waals surface area contributed by atoms with Crippen molar-refractivity contribution in [2.24, 2.45) is 5.92 Å². The second-order valence-electron chi connectivity index (χ2n) is 4.92. The van der Waals surface area contributed by atoms with Gasteiger partial charge < -0.3 is 10.0 Å². The maximum Gasteiger partial charge on any atom is 0.303 e. The molecule has 1 heterocycles. The van der Waals surface area contributed by atoms with Crippen molar-refractivity contribution in [2.45, 2.75) is 19.8 Å². The molecular weight excluding hydrogens is 230 g/mol. The average molecular weight is 247 g/mol. The summed E-state index contributed by atoms with van der Waals surface area (Å²) < 4.78 is 0. The van der Waals surface area contributed by atoms with Gasteiger partial charge in [0, 0.05) is 19.0 Å². The summed E-state index contributed by atoms with van der Waals surface area (Å²) >= 11 is 0. The molecule has 1 fully saturated rings. The lowest BCUT2D eigenvalue weighted by atomic mass is 9.95. The summed E-state index contributed by atoms with van der Waals surface area (Å²) in [5.74, 6) is -0.574. The molecule has 1 aliphatic rings. The van der Waals surface area contributed by atoms with Crippen LogP contribution in [0.5, 0.6) is 0 Å². The predicted molar refractivity (Wildman–Crippen MR) is 67.2 cm³/mol. The fraction of sp³-hybridized carbons (Fsp3) is 0.429. The van der Waals surface area contributed by atoms with E-state index in [1.807, 2.05) is 31.2 Å². The van der Waals surface area contributed by atoms with Crippen LogP contribution in [-0.4, -0.2) is 35.0 Å². The van der Waals surface area contributed by atoms with E-state index in [1.54, 1.807) is 4.90 Å². The van der Waals surface area contributed by atoms with E-state index in [0.29, 0.717) is 19.5 Å². The van der Waals surface area contributed by atoms with Gasteiger partial charge in [-0.2, -0.15) is 0 Å². The summed E-state index contributed by atoms with van der Waals surface area (Å²) in [5.41, 5.74) is 2.18. The quantitative estimate of drug-likeness (QED) is 0.876. The van der Waals surface area contributed by atoms with Gasteiger partial charge in [-0.05, 0) is 12.5 Å². The summed E-state index contributed by atoms with van der Waals surface area (Å²) in [7, 11) is 0. The Hall–Kier alpha value is -1.84. The zero-order chi connectivity index (χ0) is 13.1.